The second kappa shape index (κ2) is 10.0. The van der Waals surface area contributed by atoms with Crippen molar-refractivity contribution in [2.45, 2.75) is 25.0 Å². The van der Waals surface area contributed by atoms with Crippen molar-refractivity contribution in [2.75, 3.05) is 13.2 Å². The number of fused-ring (bicyclic) bond motifs is 1. The molecule has 6 rings (SSSR count). The highest BCUT2D eigenvalue weighted by Gasteiger charge is 2.45. The molecule has 3 atom stereocenters. The van der Waals surface area contributed by atoms with Crippen molar-refractivity contribution in [3.63, 3.8) is 0 Å². The van der Waals surface area contributed by atoms with Crippen LogP contribution in [0.1, 0.15) is 35.0 Å². The van der Waals surface area contributed by atoms with Gasteiger partial charge in [-0.05, 0) is 36.0 Å². The van der Waals surface area contributed by atoms with Crippen molar-refractivity contribution in [3.05, 3.63) is 130 Å². The molecule has 1 saturated carbocycles. The normalized spacial score (nSPS) is 19.4. The van der Waals surface area contributed by atoms with Gasteiger partial charge in [0.05, 0.1) is 12.9 Å². The number of hydrogen-bond donors (Lipinski definition) is 2. The summed E-state index contributed by atoms with van der Waals surface area (Å²) in [5, 5.41) is 10.2. The zero-order valence-corrected chi connectivity index (χ0v) is 21.2. The molecule has 1 fully saturated rings. The Morgan fingerprint density at radius 3 is 2.03 bits per heavy atom. The number of aromatic nitrogens is 4. The molecule has 192 valence electrons. The maximum atomic E-state index is 12.4. The molecular formula is C31H30N4O3. The molecule has 38 heavy (non-hydrogen) atoms. The highest BCUT2D eigenvalue weighted by Crippen LogP contribution is 2.48. The van der Waals surface area contributed by atoms with E-state index < -0.39 is 5.60 Å². The molecule has 2 aromatic heterocycles. The minimum atomic E-state index is -0.840. The SMILES string of the molecule is Cc1nc2c(ncn2C2C[C@H](CO)[C@H]2COC(c2ccccc2)(c2ccccc2)c2ccccc2)c(=O)[nH]1. The van der Waals surface area contributed by atoms with Crippen LogP contribution in [0.2, 0.25) is 0 Å². The van der Waals surface area contributed by atoms with Gasteiger partial charge < -0.3 is 19.4 Å². The van der Waals surface area contributed by atoms with Crippen LogP contribution in [-0.4, -0.2) is 37.8 Å². The van der Waals surface area contributed by atoms with Gasteiger partial charge in [0.15, 0.2) is 11.2 Å². The minimum Gasteiger partial charge on any atom is -0.396 e. The number of rotatable bonds is 8. The molecule has 3 aromatic carbocycles. The van der Waals surface area contributed by atoms with Gasteiger partial charge >= 0.3 is 0 Å². The summed E-state index contributed by atoms with van der Waals surface area (Å²) in [6.45, 7) is 2.24. The number of aliphatic hydroxyl groups excluding tert-OH is 1. The Bertz CT molecular complexity index is 1490. The lowest BCUT2D eigenvalue weighted by Gasteiger charge is -2.46. The summed E-state index contributed by atoms with van der Waals surface area (Å²) < 4.78 is 9.06. The van der Waals surface area contributed by atoms with Crippen molar-refractivity contribution in [3.8, 4) is 0 Å². The third-order valence-corrected chi connectivity index (χ3v) is 7.82. The van der Waals surface area contributed by atoms with Crippen LogP contribution in [0.4, 0.5) is 0 Å². The average molecular weight is 507 g/mol. The van der Waals surface area contributed by atoms with E-state index in [1.807, 2.05) is 59.2 Å². The number of benzene rings is 3. The van der Waals surface area contributed by atoms with Crippen LogP contribution < -0.4 is 5.56 Å². The topological polar surface area (TPSA) is 93.0 Å². The lowest BCUT2D eigenvalue weighted by Crippen LogP contribution is -2.45. The Balaban J connectivity index is 1.42. The molecule has 0 aliphatic heterocycles. The zero-order valence-electron chi connectivity index (χ0n) is 21.2. The summed E-state index contributed by atoms with van der Waals surface area (Å²) in [6, 6.07) is 30.8. The predicted molar refractivity (Wildman–Crippen MR) is 146 cm³/mol. The summed E-state index contributed by atoms with van der Waals surface area (Å²) in [5.41, 5.74) is 2.91. The summed E-state index contributed by atoms with van der Waals surface area (Å²) >= 11 is 0. The van der Waals surface area contributed by atoms with E-state index in [4.69, 9.17) is 4.74 Å². The second-order valence-electron chi connectivity index (χ2n) is 9.98. The van der Waals surface area contributed by atoms with Crippen molar-refractivity contribution >= 4 is 11.2 Å². The molecule has 7 nitrogen and oxygen atoms in total. The molecule has 1 unspecified atom stereocenters. The highest BCUT2D eigenvalue weighted by atomic mass is 16.5. The fraction of sp³-hybridized carbons (Fsp3) is 0.258. The third kappa shape index (κ3) is 4.04. The molecule has 0 saturated heterocycles. The standard InChI is InChI=1S/C31H30N4O3/c1-21-33-29-28(30(37)34-21)32-20-35(29)27-17-22(18-36)26(27)19-38-31(23-11-5-2-6-12-23,24-13-7-3-8-14-24)25-15-9-4-10-16-25/h2-16,20,22,26-27,36H,17-19H2,1H3,(H,33,34,37)/t22-,26-,27?/m1/s1. The Hall–Kier alpha value is -4.07. The van der Waals surface area contributed by atoms with E-state index in [2.05, 4.69) is 51.4 Å². The van der Waals surface area contributed by atoms with E-state index in [1.54, 1.807) is 13.3 Å². The number of imidazole rings is 1. The van der Waals surface area contributed by atoms with Crippen LogP contribution in [0.5, 0.6) is 0 Å². The highest BCUT2D eigenvalue weighted by molar-refractivity contribution is 5.69. The molecule has 1 aliphatic carbocycles. The quantitative estimate of drug-likeness (QED) is 0.300. The maximum Gasteiger partial charge on any atom is 0.279 e. The van der Waals surface area contributed by atoms with Crippen molar-refractivity contribution in [2.24, 2.45) is 11.8 Å². The Morgan fingerprint density at radius 2 is 1.50 bits per heavy atom. The van der Waals surface area contributed by atoms with E-state index in [1.165, 1.54) is 0 Å². The number of H-pyrrole nitrogens is 1. The minimum absolute atomic E-state index is 0.00544. The summed E-state index contributed by atoms with van der Waals surface area (Å²) in [4.78, 5) is 24.1. The van der Waals surface area contributed by atoms with E-state index in [9.17, 15) is 9.90 Å². The van der Waals surface area contributed by atoms with Gasteiger partial charge in [0.1, 0.15) is 11.4 Å². The number of aryl methyl sites for hydroxylation is 1. The van der Waals surface area contributed by atoms with E-state index in [-0.39, 0.29) is 30.0 Å². The summed E-state index contributed by atoms with van der Waals surface area (Å²) in [7, 11) is 0. The van der Waals surface area contributed by atoms with Crippen LogP contribution in [0.15, 0.2) is 102 Å². The monoisotopic (exact) mass is 506 g/mol. The lowest BCUT2D eigenvalue weighted by atomic mass is 9.69. The van der Waals surface area contributed by atoms with Gasteiger partial charge in [0.2, 0.25) is 0 Å². The number of hydrogen-bond acceptors (Lipinski definition) is 5. The van der Waals surface area contributed by atoms with E-state index in [0.29, 0.717) is 23.6 Å². The number of nitrogens with one attached hydrogen (secondary N) is 1. The van der Waals surface area contributed by atoms with Crippen LogP contribution in [0.25, 0.3) is 11.2 Å². The van der Waals surface area contributed by atoms with Gasteiger partial charge in [-0.2, -0.15) is 0 Å². The Kier molecular flexibility index (Phi) is 6.39. The molecule has 2 N–H and O–H groups in total. The van der Waals surface area contributed by atoms with Gasteiger partial charge in [-0.25, -0.2) is 9.97 Å². The van der Waals surface area contributed by atoms with Gasteiger partial charge in [0, 0.05) is 18.6 Å². The fourth-order valence-corrected chi connectivity index (χ4v) is 5.82. The largest absolute Gasteiger partial charge is 0.396 e. The van der Waals surface area contributed by atoms with Crippen LogP contribution in [0, 0.1) is 18.8 Å². The molecule has 0 radical (unpaired) electrons. The van der Waals surface area contributed by atoms with Crippen LogP contribution >= 0.6 is 0 Å². The van der Waals surface area contributed by atoms with Crippen LogP contribution in [-0.2, 0) is 10.3 Å². The van der Waals surface area contributed by atoms with Crippen LogP contribution in [0.3, 0.4) is 0 Å². The number of nitrogens with zero attached hydrogens (tertiary/aromatic N) is 3. The first-order chi connectivity index (χ1) is 18.6. The summed E-state index contributed by atoms with van der Waals surface area (Å²) in [5.74, 6) is 0.626. The molecule has 0 bridgehead atoms. The van der Waals surface area contributed by atoms with E-state index in [0.717, 1.165) is 23.1 Å². The first-order valence-corrected chi connectivity index (χ1v) is 13.0. The molecule has 0 amide bonds. The second-order valence-corrected chi connectivity index (χ2v) is 9.98. The predicted octanol–water partition coefficient (Wildman–Crippen LogP) is 4.61. The molecule has 1 aliphatic rings. The number of ether oxygens (including phenoxy) is 1. The number of aliphatic hydroxyl groups is 1. The molecule has 5 aromatic rings. The number of aromatic amines is 1. The Morgan fingerprint density at radius 1 is 0.947 bits per heavy atom. The third-order valence-electron chi connectivity index (χ3n) is 7.82. The first kappa shape index (κ1) is 24.3. The summed E-state index contributed by atoms with van der Waals surface area (Å²) in [6.07, 6.45) is 2.45. The van der Waals surface area contributed by atoms with Gasteiger partial charge in [0.25, 0.3) is 5.56 Å². The van der Waals surface area contributed by atoms with Gasteiger partial charge in [-0.1, -0.05) is 91.0 Å². The lowest BCUT2D eigenvalue weighted by molar-refractivity contribution is -0.0762. The molecule has 7 heteroatoms. The zero-order chi connectivity index (χ0) is 26.1. The van der Waals surface area contributed by atoms with E-state index >= 15 is 0 Å². The molecule has 2 heterocycles. The fourth-order valence-electron chi connectivity index (χ4n) is 5.82. The van der Waals surface area contributed by atoms with Crippen molar-refractivity contribution in [1.29, 1.82) is 0 Å². The van der Waals surface area contributed by atoms with Crippen molar-refractivity contribution in [1.82, 2.24) is 19.5 Å². The van der Waals surface area contributed by atoms with Crippen molar-refractivity contribution < 1.29 is 9.84 Å². The molecule has 0 spiro atoms. The smallest absolute Gasteiger partial charge is 0.279 e. The van der Waals surface area contributed by atoms with Gasteiger partial charge in [-0.15, -0.1) is 0 Å². The Labute approximate surface area is 220 Å². The maximum absolute atomic E-state index is 12.4. The average Bonchev–Trinajstić information content (AvgIpc) is 3.36. The van der Waals surface area contributed by atoms with Gasteiger partial charge in [-0.3, -0.25) is 4.79 Å². The molecular weight excluding hydrogens is 476 g/mol. The first-order valence-electron chi connectivity index (χ1n) is 13.0.